The highest BCUT2D eigenvalue weighted by Crippen LogP contribution is 2.35. The molecule has 1 aromatic heterocycles. The van der Waals surface area contributed by atoms with E-state index >= 15 is 0 Å². The number of piperazine rings is 1. The largest absolute Gasteiger partial charge is 0.493 e. The van der Waals surface area contributed by atoms with Crippen molar-refractivity contribution in [3.05, 3.63) is 24.4 Å². The highest BCUT2D eigenvalue weighted by Gasteiger charge is 2.16. The summed E-state index contributed by atoms with van der Waals surface area (Å²) in [5.74, 6) is 2.51. The molecule has 1 aromatic carbocycles. The Morgan fingerprint density at radius 2 is 1.80 bits per heavy atom. The number of rotatable bonds is 3. The van der Waals surface area contributed by atoms with Crippen LogP contribution in [-0.2, 0) is 0 Å². The molecule has 0 bridgehead atoms. The van der Waals surface area contributed by atoms with Crippen LogP contribution in [0.25, 0.3) is 10.8 Å². The lowest BCUT2D eigenvalue weighted by molar-refractivity contribution is 0.356. The maximum atomic E-state index is 5.40. The van der Waals surface area contributed by atoms with Crippen molar-refractivity contribution in [1.29, 1.82) is 0 Å². The summed E-state index contributed by atoms with van der Waals surface area (Å²) in [7, 11) is 3.31. The fraction of sp³-hybridized carbons (Fsp3) is 0.400. The van der Waals surface area contributed by atoms with Gasteiger partial charge in [0.1, 0.15) is 5.82 Å². The second-order valence-corrected chi connectivity index (χ2v) is 4.80. The van der Waals surface area contributed by atoms with Gasteiger partial charge < -0.3 is 19.7 Å². The molecule has 0 spiro atoms. The second-order valence-electron chi connectivity index (χ2n) is 4.80. The molecule has 20 heavy (non-hydrogen) atoms. The zero-order valence-corrected chi connectivity index (χ0v) is 11.8. The van der Waals surface area contributed by atoms with Crippen molar-refractivity contribution in [3.63, 3.8) is 0 Å². The highest BCUT2D eigenvalue weighted by atomic mass is 16.5. The van der Waals surface area contributed by atoms with Crippen molar-refractivity contribution in [2.24, 2.45) is 0 Å². The first-order valence-corrected chi connectivity index (χ1v) is 6.80. The van der Waals surface area contributed by atoms with Gasteiger partial charge in [-0.1, -0.05) is 0 Å². The van der Waals surface area contributed by atoms with Crippen LogP contribution in [0.1, 0.15) is 0 Å². The number of hydrogen-bond acceptors (Lipinski definition) is 5. The van der Waals surface area contributed by atoms with E-state index in [9.17, 15) is 0 Å². The quantitative estimate of drug-likeness (QED) is 0.921. The van der Waals surface area contributed by atoms with Crippen LogP contribution < -0.4 is 19.7 Å². The summed E-state index contributed by atoms with van der Waals surface area (Å²) < 4.78 is 10.8. The summed E-state index contributed by atoms with van der Waals surface area (Å²) in [6, 6.07) is 6.02. The first-order valence-electron chi connectivity index (χ1n) is 6.80. The topological polar surface area (TPSA) is 46.6 Å². The second kappa shape index (κ2) is 5.54. The third kappa shape index (κ3) is 2.25. The molecule has 0 atom stereocenters. The van der Waals surface area contributed by atoms with Crippen LogP contribution in [0.3, 0.4) is 0 Å². The SMILES string of the molecule is COc1cc2ccnc(N3CCNCC3)c2cc1OC. The van der Waals surface area contributed by atoms with Gasteiger partial charge in [0.25, 0.3) is 0 Å². The fourth-order valence-corrected chi connectivity index (χ4v) is 2.61. The number of anilines is 1. The van der Waals surface area contributed by atoms with E-state index in [1.807, 2.05) is 24.4 Å². The molecule has 5 nitrogen and oxygen atoms in total. The van der Waals surface area contributed by atoms with Gasteiger partial charge >= 0.3 is 0 Å². The van der Waals surface area contributed by atoms with Gasteiger partial charge in [0.15, 0.2) is 11.5 Å². The van der Waals surface area contributed by atoms with Crippen LogP contribution in [0.5, 0.6) is 11.5 Å². The number of fused-ring (bicyclic) bond motifs is 1. The van der Waals surface area contributed by atoms with Crippen LogP contribution in [0.4, 0.5) is 5.82 Å². The number of methoxy groups -OCH3 is 2. The van der Waals surface area contributed by atoms with Gasteiger partial charge in [0.05, 0.1) is 14.2 Å². The van der Waals surface area contributed by atoms with Crippen molar-refractivity contribution in [3.8, 4) is 11.5 Å². The fourth-order valence-electron chi connectivity index (χ4n) is 2.61. The molecule has 2 aromatic rings. The minimum atomic E-state index is 0.740. The smallest absolute Gasteiger partial charge is 0.161 e. The number of benzene rings is 1. The standard InChI is InChI=1S/C15H19N3O2/c1-19-13-9-11-3-4-17-15(12(11)10-14(13)20-2)18-7-5-16-6-8-18/h3-4,9-10,16H,5-8H2,1-2H3. The molecule has 2 heterocycles. The third-order valence-corrected chi connectivity index (χ3v) is 3.66. The molecule has 1 saturated heterocycles. The Bertz CT molecular complexity index is 609. The van der Waals surface area contributed by atoms with Gasteiger partial charge in [-0.2, -0.15) is 0 Å². The Balaban J connectivity index is 2.12. The lowest BCUT2D eigenvalue weighted by Gasteiger charge is -2.29. The van der Waals surface area contributed by atoms with Crippen molar-refractivity contribution in [1.82, 2.24) is 10.3 Å². The van der Waals surface area contributed by atoms with Crippen LogP contribution in [-0.4, -0.2) is 45.4 Å². The van der Waals surface area contributed by atoms with Gasteiger partial charge in [-0.15, -0.1) is 0 Å². The van der Waals surface area contributed by atoms with E-state index in [1.165, 1.54) is 0 Å². The van der Waals surface area contributed by atoms with Crippen LogP contribution in [0.2, 0.25) is 0 Å². The van der Waals surface area contributed by atoms with Gasteiger partial charge in [-0.25, -0.2) is 4.98 Å². The van der Waals surface area contributed by atoms with E-state index in [-0.39, 0.29) is 0 Å². The van der Waals surface area contributed by atoms with Crippen molar-refractivity contribution >= 4 is 16.6 Å². The normalized spacial score (nSPS) is 15.4. The molecule has 0 unspecified atom stereocenters. The van der Waals surface area contributed by atoms with E-state index in [1.54, 1.807) is 14.2 Å². The number of hydrogen-bond donors (Lipinski definition) is 1. The lowest BCUT2D eigenvalue weighted by atomic mass is 10.1. The lowest BCUT2D eigenvalue weighted by Crippen LogP contribution is -2.43. The van der Waals surface area contributed by atoms with E-state index in [0.29, 0.717) is 0 Å². The molecule has 0 saturated carbocycles. The van der Waals surface area contributed by atoms with Crippen molar-refractivity contribution in [2.75, 3.05) is 45.3 Å². The molecular weight excluding hydrogens is 254 g/mol. The zero-order valence-electron chi connectivity index (χ0n) is 11.8. The number of nitrogens with zero attached hydrogens (tertiary/aromatic N) is 2. The summed E-state index contributed by atoms with van der Waals surface area (Å²) in [6.07, 6.45) is 1.85. The third-order valence-electron chi connectivity index (χ3n) is 3.66. The Kier molecular flexibility index (Phi) is 3.60. The van der Waals surface area contributed by atoms with Crippen molar-refractivity contribution < 1.29 is 9.47 Å². The molecule has 0 radical (unpaired) electrons. The molecule has 106 valence electrons. The molecule has 1 aliphatic rings. The Morgan fingerprint density at radius 3 is 2.50 bits per heavy atom. The first kappa shape index (κ1) is 13.0. The minimum Gasteiger partial charge on any atom is -0.493 e. The molecule has 1 fully saturated rings. The van der Waals surface area contributed by atoms with Gasteiger partial charge in [0.2, 0.25) is 0 Å². The maximum Gasteiger partial charge on any atom is 0.161 e. The predicted octanol–water partition coefficient (Wildman–Crippen LogP) is 1.66. The molecule has 0 amide bonds. The van der Waals surface area contributed by atoms with E-state index in [4.69, 9.17) is 9.47 Å². The summed E-state index contributed by atoms with van der Waals surface area (Å²) in [5, 5.41) is 5.58. The molecule has 0 aliphatic carbocycles. The van der Waals surface area contributed by atoms with Gasteiger partial charge in [-0.05, 0) is 23.6 Å². The number of pyridine rings is 1. The monoisotopic (exact) mass is 273 g/mol. The van der Waals surface area contributed by atoms with Gasteiger partial charge in [-0.3, -0.25) is 0 Å². The van der Waals surface area contributed by atoms with E-state index < -0.39 is 0 Å². The zero-order chi connectivity index (χ0) is 13.9. The van der Waals surface area contributed by atoms with Crippen LogP contribution in [0.15, 0.2) is 24.4 Å². The Hall–Kier alpha value is -2.01. The highest BCUT2D eigenvalue weighted by molar-refractivity contribution is 5.94. The summed E-state index contributed by atoms with van der Waals surface area (Å²) >= 11 is 0. The molecular formula is C15H19N3O2. The van der Waals surface area contributed by atoms with Crippen molar-refractivity contribution in [2.45, 2.75) is 0 Å². The molecule has 5 heteroatoms. The Morgan fingerprint density at radius 1 is 1.10 bits per heavy atom. The van der Waals surface area contributed by atoms with Gasteiger partial charge in [0, 0.05) is 37.8 Å². The first-order chi connectivity index (χ1) is 9.83. The van der Waals surface area contributed by atoms with Crippen LogP contribution >= 0.6 is 0 Å². The minimum absolute atomic E-state index is 0.740. The summed E-state index contributed by atoms with van der Waals surface area (Å²) in [5.41, 5.74) is 0. The van der Waals surface area contributed by atoms with Crippen LogP contribution in [0, 0.1) is 0 Å². The average molecular weight is 273 g/mol. The van der Waals surface area contributed by atoms with E-state index in [0.717, 1.165) is 54.3 Å². The molecule has 3 rings (SSSR count). The summed E-state index contributed by atoms with van der Waals surface area (Å²) in [6.45, 7) is 3.93. The number of nitrogens with one attached hydrogen (secondary N) is 1. The van der Waals surface area contributed by atoms with E-state index in [2.05, 4.69) is 15.2 Å². The molecule has 1 aliphatic heterocycles. The number of ether oxygens (including phenoxy) is 2. The maximum absolute atomic E-state index is 5.40. The molecule has 1 N–H and O–H groups in total. The average Bonchev–Trinajstić information content (AvgIpc) is 2.53. The predicted molar refractivity (Wildman–Crippen MR) is 79.9 cm³/mol. The number of aromatic nitrogens is 1. The summed E-state index contributed by atoms with van der Waals surface area (Å²) in [4.78, 5) is 6.87. The Labute approximate surface area is 118 Å².